The van der Waals surface area contributed by atoms with Crippen LogP contribution in [0.5, 0.6) is 5.75 Å². The summed E-state index contributed by atoms with van der Waals surface area (Å²) in [5.74, 6) is -11.6. The van der Waals surface area contributed by atoms with Crippen LogP contribution >= 0.6 is 0 Å². The quantitative estimate of drug-likeness (QED) is 0.238. The molecule has 2 aliphatic rings. The van der Waals surface area contributed by atoms with E-state index in [-0.39, 0.29) is 37.2 Å². The Morgan fingerprint density at radius 2 is 1.65 bits per heavy atom. The number of piperidine rings is 1. The zero-order chi connectivity index (χ0) is 29.4. The summed E-state index contributed by atoms with van der Waals surface area (Å²) < 4.78 is 64.8. The number of hydrogen-bond acceptors (Lipinski definition) is 6. The molecule has 0 spiro atoms. The third-order valence-corrected chi connectivity index (χ3v) is 6.85. The molecule has 3 amide bonds. The number of halogens is 4. The highest BCUT2D eigenvalue weighted by molar-refractivity contribution is 5.93. The van der Waals surface area contributed by atoms with Crippen molar-refractivity contribution in [3.63, 3.8) is 0 Å². The normalized spacial score (nSPS) is 18.4. The number of amides is 3. The predicted octanol–water partition coefficient (Wildman–Crippen LogP) is 3.63. The second kappa shape index (κ2) is 14.3. The standard InChI is InChI=1S/C27H35F4N3O6/c1-15(2)13-39-22(36)11-20(21(35)14-40-25-23(30)18(28)10-19(29)24(25)31)33-26(37)16-6-5-9-34(12-16)27(38)32-17-7-3-4-8-17/h10,15-17,20H,3-9,11-14H2,1-2H3,(H,32,38)(H,33,37)/t16-,20+/m1/s1. The van der Waals surface area contributed by atoms with Gasteiger partial charge in [-0.25, -0.2) is 13.6 Å². The van der Waals surface area contributed by atoms with Gasteiger partial charge in [-0.3, -0.25) is 14.4 Å². The molecular formula is C27H35F4N3O6. The van der Waals surface area contributed by atoms with E-state index in [9.17, 15) is 36.7 Å². The molecule has 2 atom stereocenters. The third kappa shape index (κ3) is 8.56. The number of hydrogen-bond donors (Lipinski definition) is 2. The van der Waals surface area contributed by atoms with Crippen molar-refractivity contribution in [1.29, 1.82) is 0 Å². The van der Waals surface area contributed by atoms with Crippen molar-refractivity contribution in [2.45, 2.75) is 70.9 Å². The summed E-state index contributed by atoms with van der Waals surface area (Å²) in [6.07, 6.45) is 4.24. The maximum absolute atomic E-state index is 14.0. The fourth-order valence-corrected chi connectivity index (χ4v) is 4.65. The summed E-state index contributed by atoms with van der Waals surface area (Å²) in [7, 11) is 0. The molecule has 1 saturated heterocycles. The van der Waals surface area contributed by atoms with Gasteiger partial charge in [-0.2, -0.15) is 8.78 Å². The van der Waals surface area contributed by atoms with E-state index in [2.05, 4.69) is 10.6 Å². The number of ether oxygens (including phenoxy) is 2. The summed E-state index contributed by atoms with van der Waals surface area (Å²) >= 11 is 0. The van der Waals surface area contributed by atoms with Gasteiger partial charge in [0.15, 0.2) is 23.2 Å². The molecule has 1 aliphatic carbocycles. The van der Waals surface area contributed by atoms with Crippen molar-refractivity contribution in [2.24, 2.45) is 11.8 Å². The Morgan fingerprint density at radius 1 is 1.00 bits per heavy atom. The van der Waals surface area contributed by atoms with Crippen molar-refractivity contribution in [2.75, 3.05) is 26.3 Å². The number of nitrogens with one attached hydrogen (secondary N) is 2. The Kier molecular flexibility index (Phi) is 11.1. The minimum Gasteiger partial charge on any atom is -0.479 e. The molecule has 2 N–H and O–H groups in total. The minimum atomic E-state index is -1.83. The van der Waals surface area contributed by atoms with E-state index in [0.29, 0.717) is 19.4 Å². The molecule has 0 unspecified atom stereocenters. The molecule has 1 aliphatic heterocycles. The Labute approximate surface area is 229 Å². The van der Waals surface area contributed by atoms with Gasteiger partial charge in [0.1, 0.15) is 12.6 Å². The van der Waals surface area contributed by atoms with Crippen LogP contribution in [0, 0.1) is 35.1 Å². The second-order valence-electron chi connectivity index (χ2n) is 10.6. The second-order valence-corrected chi connectivity index (χ2v) is 10.6. The van der Waals surface area contributed by atoms with E-state index in [1.54, 1.807) is 13.8 Å². The lowest BCUT2D eigenvalue weighted by atomic mass is 9.96. The van der Waals surface area contributed by atoms with Gasteiger partial charge >= 0.3 is 12.0 Å². The van der Waals surface area contributed by atoms with Crippen LogP contribution in [0.25, 0.3) is 0 Å². The molecule has 1 saturated carbocycles. The number of Topliss-reactive ketones (excluding diaryl/α,β-unsaturated/α-hetero) is 1. The summed E-state index contributed by atoms with van der Waals surface area (Å²) in [6.45, 7) is 3.10. The van der Waals surface area contributed by atoms with Crippen molar-refractivity contribution in [3.05, 3.63) is 29.3 Å². The number of carbonyl (C=O) groups excluding carboxylic acids is 4. The Bertz CT molecular complexity index is 1070. The first-order valence-corrected chi connectivity index (χ1v) is 13.5. The van der Waals surface area contributed by atoms with E-state index in [1.807, 2.05) is 0 Å². The number of nitrogens with zero attached hydrogens (tertiary/aromatic N) is 1. The Hall–Kier alpha value is -3.38. The zero-order valence-electron chi connectivity index (χ0n) is 22.6. The van der Waals surface area contributed by atoms with E-state index in [0.717, 1.165) is 25.7 Å². The molecule has 1 aromatic rings. The molecule has 1 aromatic carbocycles. The monoisotopic (exact) mass is 573 g/mol. The molecule has 0 bridgehead atoms. The van der Waals surface area contributed by atoms with Crippen LogP contribution < -0.4 is 15.4 Å². The van der Waals surface area contributed by atoms with E-state index in [4.69, 9.17) is 9.47 Å². The molecule has 0 radical (unpaired) electrons. The number of likely N-dealkylation sites (tertiary alicyclic amines) is 1. The van der Waals surface area contributed by atoms with Crippen molar-refractivity contribution in [1.82, 2.24) is 15.5 Å². The molecule has 13 heteroatoms. The average molecular weight is 574 g/mol. The fourth-order valence-electron chi connectivity index (χ4n) is 4.65. The van der Waals surface area contributed by atoms with Crippen molar-refractivity contribution >= 4 is 23.7 Å². The van der Waals surface area contributed by atoms with E-state index < -0.39 is 71.7 Å². The molecule has 2 fully saturated rings. The maximum atomic E-state index is 14.0. The first-order chi connectivity index (χ1) is 19.0. The number of urea groups is 1. The summed E-state index contributed by atoms with van der Waals surface area (Å²) in [6, 6.07) is -1.69. The number of benzene rings is 1. The van der Waals surface area contributed by atoms with Gasteiger partial charge in [-0.05, 0) is 31.6 Å². The van der Waals surface area contributed by atoms with Gasteiger partial charge in [0.05, 0.1) is 18.9 Å². The van der Waals surface area contributed by atoms with Gasteiger partial charge in [0.25, 0.3) is 0 Å². The highest BCUT2D eigenvalue weighted by Crippen LogP contribution is 2.26. The van der Waals surface area contributed by atoms with Gasteiger partial charge in [0.2, 0.25) is 17.5 Å². The van der Waals surface area contributed by atoms with E-state index >= 15 is 0 Å². The third-order valence-electron chi connectivity index (χ3n) is 6.85. The van der Waals surface area contributed by atoms with Crippen LogP contribution in [0.15, 0.2) is 6.07 Å². The number of carbonyl (C=O) groups is 4. The van der Waals surface area contributed by atoms with Crippen LogP contribution in [0.2, 0.25) is 0 Å². The van der Waals surface area contributed by atoms with Gasteiger partial charge in [-0.1, -0.05) is 26.7 Å². The topological polar surface area (TPSA) is 114 Å². The first-order valence-electron chi connectivity index (χ1n) is 13.5. The smallest absolute Gasteiger partial charge is 0.317 e. The highest BCUT2D eigenvalue weighted by Gasteiger charge is 2.33. The molecule has 40 heavy (non-hydrogen) atoms. The first kappa shape index (κ1) is 31.2. The largest absolute Gasteiger partial charge is 0.479 e. The van der Waals surface area contributed by atoms with Crippen molar-refractivity contribution in [3.8, 4) is 5.75 Å². The van der Waals surface area contributed by atoms with Crippen molar-refractivity contribution < 1.29 is 46.2 Å². The SMILES string of the molecule is CC(C)COC(=O)C[C@H](NC(=O)[C@@H]1CCCN(C(=O)NC2CCCC2)C1)C(=O)COc1c(F)c(F)cc(F)c1F. The number of rotatable bonds is 11. The molecule has 222 valence electrons. The van der Waals surface area contributed by atoms with Crippen LogP contribution in [0.1, 0.15) is 58.8 Å². The highest BCUT2D eigenvalue weighted by atomic mass is 19.2. The molecular weight excluding hydrogens is 538 g/mol. The minimum absolute atomic E-state index is 0.00536. The summed E-state index contributed by atoms with van der Waals surface area (Å²) in [5.41, 5.74) is 0. The lowest BCUT2D eigenvalue weighted by molar-refractivity contribution is -0.147. The van der Waals surface area contributed by atoms with Crippen LogP contribution in [0.4, 0.5) is 22.4 Å². The summed E-state index contributed by atoms with van der Waals surface area (Å²) in [4.78, 5) is 52.6. The average Bonchev–Trinajstić information content (AvgIpc) is 3.43. The molecule has 1 heterocycles. The molecule has 3 rings (SSSR count). The van der Waals surface area contributed by atoms with Crippen LogP contribution in [0.3, 0.4) is 0 Å². The fraction of sp³-hybridized carbons (Fsp3) is 0.630. The van der Waals surface area contributed by atoms with Crippen LogP contribution in [-0.2, 0) is 19.1 Å². The Balaban J connectivity index is 1.66. The lowest BCUT2D eigenvalue weighted by Gasteiger charge is -2.33. The zero-order valence-corrected chi connectivity index (χ0v) is 22.6. The van der Waals surface area contributed by atoms with Crippen LogP contribution in [-0.4, -0.2) is 67.0 Å². The molecule has 0 aromatic heterocycles. The summed E-state index contributed by atoms with van der Waals surface area (Å²) in [5, 5.41) is 5.44. The predicted molar refractivity (Wildman–Crippen MR) is 134 cm³/mol. The maximum Gasteiger partial charge on any atom is 0.317 e. The van der Waals surface area contributed by atoms with Gasteiger partial charge in [0, 0.05) is 25.2 Å². The number of esters is 1. The number of ketones is 1. The Morgan fingerprint density at radius 3 is 2.27 bits per heavy atom. The lowest BCUT2D eigenvalue weighted by Crippen LogP contribution is -2.53. The van der Waals surface area contributed by atoms with Gasteiger partial charge < -0.3 is 25.0 Å². The van der Waals surface area contributed by atoms with Gasteiger partial charge in [-0.15, -0.1) is 0 Å². The molecule has 9 nitrogen and oxygen atoms in total. The van der Waals surface area contributed by atoms with E-state index in [1.165, 1.54) is 4.90 Å².